The van der Waals surface area contributed by atoms with E-state index < -0.39 is 0 Å². The van der Waals surface area contributed by atoms with Gasteiger partial charge >= 0.3 is 0 Å². The fourth-order valence-corrected chi connectivity index (χ4v) is 1.53. The van der Waals surface area contributed by atoms with Gasteiger partial charge in [0.25, 0.3) is 0 Å². The van der Waals surface area contributed by atoms with Crippen LogP contribution in [0.4, 0.5) is 0 Å². The number of hydrogen-bond donors (Lipinski definition) is 1. The fraction of sp³-hybridized carbons (Fsp3) is 1.00. The van der Waals surface area contributed by atoms with E-state index in [4.69, 9.17) is 5.26 Å². The first-order valence-electron chi connectivity index (χ1n) is 6.01. The van der Waals surface area contributed by atoms with E-state index in [-0.39, 0.29) is 0 Å². The minimum atomic E-state index is 0.469. The normalized spacial score (nSPS) is 10.8. The Hall–Kier alpha value is -0.160. The van der Waals surface area contributed by atoms with Crippen LogP contribution in [-0.4, -0.2) is 11.9 Å². The molecule has 0 rings (SSSR count). The van der Waals surface area contributed by atoms with Crippen molar-refractivity contribution in [2.75, 3.05) is 6.61 Å². The van der Waals surface area contributed by atoms with Gasteiger partial charge in [0.15, 0.2) is 0 Å². The van der Waals surface area contributed by atoms with Crippen LogP contribution in [0.2, 0.25) is 0 Å². The second-order valence-corrected chi connectivity index (χ2v) is 3.79. The third-order valence-corrected chi connectivity index (χ3v) is 2.41. The van der Waals surface area contributed by atoms with Crippen LogP contribution < -0.4 is 0 Å². The monoisotopic (exact) mass is 220 g/mol. The molecule has 0 heterocycles. The smallest absolute Gasteiger partial charge is 0.0854 e. The first kappa shape index (κ1) is 14.8. The average Bonchev–Trinajstić information content (AvgIpc) is 2.26. The molecule has 0 amide bonds. The van der Waals surface area contributed by atoms with E-state index in [9.17, 15) is 0 Å². The lowest BCUT2D eigenvalue weighted by molar-refractivity contribution is -0.623. The van der Waals surface area contributed by atoms with Crippen LogP contribution in [0.15, 0.2) is 0 Å². The van der Waals surface area contributed by atoms with Gasteiger partial charge in [-0.25, -0.2) is 10.1 Å². The second-order valence-electron chi connectivity index (χ2n) is 3.79. The lowest BCUT2D eigenvalue weighted by Crippen LogP contribution is -1.95. The van der Waals surface area contributed by atoms with Crippen molar-refractivity contribution < 1.29 is 20.2 Å². The Bertz CT molecular complexity index is 96.8. The van der Waals surface area contributed by atoms with Crippen molar-refractivity contribution in [1.29, 1.82) is 0 Å². The van der Waals surface area contributed by atoms with E-state index in [2.05, 4.69) is 21.9 Å². The standard InChI is InChI=1S/C11H24O4/c1-2-3-4-5-6-7-8-9-10-11-13-15-14-12/h12H,2-11H2,1H3. The maximum Gasteiger partial charge on any atom is 0.0854 e. The van der Waals surface area contributed by atoms with Crippen molar-refractivity contribution in [2.24, 2.45) is 0 Å². The second kappa shape index (κ2) is 13.8. The van der Waals surface area contributed by atoms with Gasteiger partial charge < -0.3 is 0 Å². The summed E-state index contributed by atoms with van der Waals surface area (Å²) in [6.07, 6.45) is 11.4. The van der Waals surface area contributed by atoms with Crippen LogP contribution in [-0.2, 0) is 15.0 Å². The summed E-state index contributed by atoms with van der Waals surface area (Å²) in [6, 6.07) is 0. The molecular formula is C11H24O4. The minimum absolute atomic E-state index is 0.469. The molecule has 0 bridgehead atoms. The predicted molar refractivity (Wildman–Crippen MR) is 58.0 cm³/mol. The van der Waals surface area contributed by atoms with E-state index in [1.165, 1.54) is 44.9 Å². The topological polar surface area (TPSA) is 47.9 Å². The molecule has 0 aromatic carbocycles. The number of hydrogen-bond acceptors (Lipinski definition) is 4. The highest BCUT2D eigenvalue weighted by Crippen LogP contribution is 2.09. The quantitative estimate of drug-likeness (QED) is 0.308. The molecular weight excluding hydrogens is 196 g/mol. The summed E-state index contributed by atoms with van der Waals surface area (Å²) in [6.45, 7) is 2.70. The number of unbranched alkanes of at least 4 members (excludes halogenated alkanes) is 8. The van der Waals surface area contributed by atoms with Crippen molar-refractivity contribution >= 4 is 0 Å². The molecule has 0 saturated carbocycles. The van der Waals surface area contributed by atoms with Crippen LogP contribution >= 0.6 is 0 Å². The first-order valence-corrected chi connectivity index (χ1v) is 6.01. The van der Waals surface area contributed by atoms with Crippen molar-refractivity contribution in [3.8, 4) is 0 Å². The molecule has 0 unspecified atom stereocenters. The van der Waals surface area contributed by atoms with Crippen molar-refractivity contribution in [3.63, 3.8) is 0 Å². The minimum Gasteiger partial charge on any atom is -0.219 e. The van der Waals surface area contributed by atoms with Crippen molar-refractivity contribution in [1.82, 2.24) is 0 Å². The predicted octanol–water partition coefficient (Wildman–Crippen LogP) is 3.87. The summed E-state index contributed by atoms with van der Waals surface area (Å²) in [4.78, 5) is 4.47. The molecule has 0 saturated heterocycles. The van der Waals surface area contributed by atoms with Gasteiger partial charge in [-0.1, -0.05) is 58.3 Å². The first-order chi connectivity index (χ1) is 7.41. The lowest BCUT2D eigenvalue weighted by Gasteiger charge is -2.01. The molecule has 15 heavy (non-hydrogen) atoms. The van der Waals surface area contributed by atoms with Crippen molar-refractivity contribution in [3.05, 3.63) is 0 Å². The van der Waals surface area contributed by atoms with Gasteiger partial charge in [-0.05, 0) is 16.5 Å². The zero-order chi connectivity index (χ0) is 11.2. The Morgan fingerprint density at radius 3 is 1.87 bits per heavy atom. The molecule has 92 valence electrons. The SMILES string of the molecule is CCCCCCCCCCCOOOO. The van der Waals surface area contributed by atoms with Crippen molar-refractivity contribution in [2.45, 2.75) is 64.7 Å². The summed E-state index contributed by atoms with van der Waals surface area (Å²) >= 11 is 0. The van der Waals surface area contributed by atoms with Crippen LogP contribution in [0, 0.1) is 0 Å². The van der Waals surface area contributed by atoms with E-state index in [0.717, 1.165) is 12.8 Å². The third-order valence-electron chi connectivity index (χ3n) is 2.41. The fourth-order valence-electron chi connectivity index (χ4n) is 1.53. The van der Waals surface area contributed by atoms with Gasteiger partial charge in [0.2, 0.25) is 0 Å². The Labute approximate surface area is 92.3 Å². The van der Waals surface area contributed by atoms with Gasteiger partial charge in [-0.3, -0.25) is 0 Å². The van der Waals surface area contributed by atoms with Gasteiger partial charge in [-0.15, -0.1) is 0 Å². The Balaban J connectivity index is 2.81. The van der Waals surface area contributed by atoms with E-state index in [1.807, 2.05) is 0 Å². The van der Waals surface area contributed by atoms with E-state index >= 15 is 0 Å². The third kappa shape index (κ3) is 13.8. The Kier molecular flexibility index (Phi) is 13.7. The molecule has 4 nitrogen and oxygen atoms in total. The zero-order valence-electron chi connectivity index (χ0n) is 9.74. The Morgan fingerprint density at radius 1 is 0.800 bits per heavy atom. The zero-order valence-corrected chi connectivity index (χ0v) is 9.74. The molecule has 0 atom stereocenters. The molecule has 0 radical (unpaired) electrons. The molecule has 1 N–H and O–H groups in total. The molecule has 0 fully saturated rings. The van der Waals surface area contributed by atoms with Gasteiger partial charge in [0.1, 0.15) is 0 Å². The average molecular weight is 220 g/mol. The molecule has 0 aromatic heterocycles. The maximum absolute atomic E-state index is 7.76. The largest absolute Gasteiger partial charge is 0.219 e. The van der Waals surface area contributed by atoms with E-state index in [1.54, 1.807) is 0 Å². The summed E-state index contributed by atoms with van der Waals surface area (Å²) in [5, 5.41) is 14.9. The highest BCUT2D eigenvalue weighted by molar-refractivity contribution is 4.45. The summed E-state index contributed by atoms with van der Waals surface area (Å²) < 4.78 is 0. The molecule has 0 aliphatic rings. The molecule has 0 aromatic rings. The van der Waals surface area contributed by atoms with Crippen LogP contribution in [0.3, 0.4) is 0 Å². The van der Waals surface area contributed by atoms with Crippen LogP contribution in [0.5, 0.6) is 0 Å². The maximum atomic E-state index is 7.76. The van der Waals surface area contributed by atoms with Gasteiger partial charge in [0.05, 0.1) is 6.61 Å². The Morgan fingerprint density at radius 2 is 1.33 bits per heavy atom. The molecule has 0 aliphatic heterocycles. The summed E-state index contributed by atoms with van der Waals surface area (Å²) in [5.41, 5.74) is 0. The van der Waals surface area contributed by atoms with E-state index in [0.29, 0.717) is 6.61 Å². The summed E-state index contributed by atoms with van der Waals surface area (Å²) in [7, 11) is 0. The van der Waals surface area contributed by atoms with Crippen LogP contribution in [0.25, 0.3) is 0 Å². The van der Waals surface area contributed by atoms with Gasteiger partial charge in [-0.2, -0.15) is 0 Å². The highest BCUT2D eigenvalue weighted by atomic mass is 17.6. The molecule has 0 spiro atoms. The van der Waals surface area contributed by atoms with Gasteiger partial charge in [0, 0.05) is 0 Å². The highest BCUT2D eigenvalue weighted by Gasteiger charge is 1.93. The summed E-state index contributed by atoms with van der Waals surface area (Å²) in [5.74, 6) is 0. The molecule has 4 heteroatoms. The number of rotatable bonds is 12. The van der Waals surface area contributed by atoms with Crippen LogP contribution in [0.1, 0.15) is 64.7 Å². The molecule has 0 aliphatic carbocycles. The lowest BCUT2D eigenvalue weighted by atomic mass is 10.1.